The second kappa shape index (κ2) is 39.2. The number of unbranched alkanes of at least 4 members (excludes halogenated alkanes) is 26. The molecular weight excluding hydrogens is 882 g/mol. The number of carbonyl (C=O) groups is 3. The highest BCUT2D eigenvalue weighted by molar-refractivity contribution is 7.47. The monoisotopic (exact) mass is 968 g/mol. The van der Waals surface area contributed by atoms with E-state index in [4.69, 9.17) is 18.5 Å². The van der Waals surface area contributed by atoms with Crippen molar-refractivity contribution in [2.45, 2.75) is 225 Å². The lowest BCUT2D eigenvalue weighted by Crippen LogP contribution is -2.30. The van der Waals surface area contributed by atoms with Crippen LogP contribution in [0.15, 0.2) is 16.8 Å². The molecular formula is C49H86N5O12P. The van der Waals surface area contributed by atoms with Gasteiger partial charge in [0.1, 0.15) is 6.61 Å². The van der Waals surface area contributed by atoms with Crippen LogP contribution in [0.25, 0.3) is 11.0 Å². The van der Waals surface area contributed by atoms with Crippen molar-refractivity contribution in [2.75, 3.05) is 38.2 Å². The van der Waals surface area contributed by atoms with E-state index in [-0.39, 0.29) is 61.6 Å². The van der Waals surface area contributed by atoms with Gasteiger partial charge in [0.25, 0.3) is 0 Å². The molecule has 3 N–H and O–H groups in total. The Morgan fingerprint density at radius 1 is 0.642 bits per heavy atom. The third-order valence-corrected chi connectivity index (χ3v) is 12.8. The molecule has 1 amide bonds. The SMILES string of the molecule is CCCCCCCCCCCCCCCC(=O)OCC(COP(=O)(O)OCCNC(=O)CCCCCNc1ccc([N+](=O)[O-])c2nonc12)OC(=O)CCCCCCCCCCCCCCC. The zero-order valence-electron chi connectivity index (χ0n) is 41.1. The van der Waals surface area contributed by atoms with Crippen LogP contribution in [0.2, 0.25) is 0 Å². The molecule has 0 saturated heterocycles. The predicted octanol–water partition coefficient (Wildman–Crippen LogP) is 12.8. The van der Waals surface area contributed by atoms with Gasteiger partial charge in [-0.05, 0) is 42.1 Å². The summed E-state index contributed by atoms with van der Waals surface area (Å²) < 4.78 is 38.6. The Kier molecular flexibility index (Phi) is 34.8. The lowest BCUT2D eigenvalue weighted by Gasteiger charge is -2.20. The van der Waals surface area contributed by atoms with Crippen LogP contribution >= 0.6 is 7.82 Å². The summed E-state index contributed by atoms with van der Waals surface area (Å²) >= 11 is 0. The minimum absolute atomic E-state index is 0.0372. The van der Waals surface area contributed by atoms with Crippen molar-refractivity contribution in [3.63, 3.8) is 0 Å². The summed E-state index contributed by atoms with van der Waals surface area (Å²) in [6.07, 6.45) is 32.4. The molecule has 0 saturated carbocycles. The lowest BCUT2D eigenvalue weighted by atomic mass is 10.0. The standard InChI is InChI=1S/C49H86N5O12P/c1-3-5-7-9-11-13-15-17-19-21-23-25-29-33-46(56)62-40-42(65-47(57)34-30-26-24-22-20-18-16-14-12-10-8-6-4-2)41-64-67(60,61)63-39-38-51-45(55)32-28-27-31-37-50-43-35-36-44(54(58)59)49-48(43)52-66-53-49/h35-36,42,50H,3-34,37-41H2,1-2H3,(H,51,55)(H,60,61). The van der Waals surface area contributed by atoms with E-state index < -0.39 is 37.4 Å². The maximum Gasteiger partial charge on any atom is 0.472 e. The Morgan fingerprint density at radius 3 is 1.66 bits per heavy atom. The van der Waals surface area contributed by atoms with Crippen LogP contribution in [0.5, 0.6) is 0 Å². The minimum atomic E-state index is -4.61. The van der Waals surface area contributed by atoms with Crippen molar-refractivity contribution in [1.29, 1.82) is 0 Å². The maximum absolute atomic E-state index is 12.8. The number of phosphoric ester groups is 1. The van der Waals surface area contributed by atoms with Gasteiger partial charge in [-0.15, -0.1) is 0 Å². The Hall–Kier alpha value is -3.66. The van der Waals surface area contributed by atoms with Crippen LogP contribution in [0.3, 0.4) is 0 Å². The number of hydrogen-bond donors (Lipinski definition) is 3. The molecule has 0 bridgehead atoms. The van der Waals surface area contributed by atoms with Crippen molar-refractivity contribution in [1.82, 2.24) is 15.6 Å². The number of carbonyl (C=O) groups excluding carboxylic acids is 3. The Morgan fingerprint density at radius 2 is 1.12 bits per heavy atom. The number of non-ortho nitro benzene ring substituents is 1. The molecule has 2 atom stereocenters. The summed E-state index contributed by atoms with van der Waals surface area (Å²) in [6.45, 7) is 3.83. The number of rotatable bonds is 46. The molecule has 2 unspecified atom stereocenters. The van der Waals surface area contributed by atoms with Gasteiger partial charge in [-0.3, -0.25) is 33.5 Å². The van der Waals surface area contributed by atoms with Gasteiger partial charge in [0.05, 0.1) is 23.8 Å². The van der Waals surface area contributed by atoms with Crippen LogP contribution in [-0.4, -0.2) is 77.0 Å². The quantitative estimate of drug-likeness (QED) is 0.0184. The summed E-state index contributed by atoms with van der Waals surface area (Å²) in [4.78, 5) is 58.8. The van der Waals surface area contributed by atoms with Gasteiger partial charge >= 0.3 is 25.4 Å². The van der Waals surface area contributed by atoms with E-state index in [2.05, 4.69) is 39.4 Å². The first-order valence-corrected chi connectivity index (χ1v) is 27.4. The van der Waals surface area contributed by atoms with E-state index in [1.165, 1.54) is 122 Å². The molecule has 1 heterocycles. The van der Waals surface area contributed by atoms with Crippen LogP contribution < -0.4 is 10.6 Å². The summed E-state index contributed by atoms with van der Waals surface area (Å²) in [5.41, 5.74) is 0.690. The number of phosphoric acid groups is 1. The number of ether oxygens (including phenoxy) is 2. The molecule has 1 aromatic heterocycles. The highest BCUT2D eigenvalue weighted by Crippen LogP contribution is 2.43. The van der Waals surface area contributed by atoms with Gasteiger partial charge < -0.3 is 25.0 Å². The number of nitrogens with zero attached hydrogens (tertiary/aromatic N) is 3. The van der Waals surface area contributed by atoms with Gasteiger partial charge in [-0.25, -0.2) is 9.19 Å². The van der Waals surface area contributed by atoms with Crippen LogP contribution in [-0.2, 0) is 37.5 Å². The Bertz CT molecular complexity index is 1660. The highest BCUT2D eigenvalue weighted by atomic mass is 31.2. The molecule has 2 rings (SSSR count). The van der Waals surface area contributed by atoms with E-state index in [9.17, 15) is 34.0 Å². The summed E-state index contributed by atoms with van der Waals surface area (Å²) in [5, 5.41) is 24.4. The molecule has 0 aliphatic rings. The fraction of sp³-hybridized carbons (Fsp3) is 0.816. The zero-order chi connectivity index (χ0) is 48.6. The largest absolute Gasteiger partial charge is 0.472 e. The number of esters is 2. The first kappa shape index (κ1) is 59.5. The average Bonchev–Trinajstić information content (AvgIpc) is 3.81. The molecule has 0 radical (unpaired) electrons. The van der Waals surface area contributed by atoms with E-state index in [1.807, 2.05) is 0 Å². The number of aromatic nitrogens is 2. The molecule has 0 aliphatic heterocycles. The molecule has 0 fully saturated rings. The van der Waals surface area contributed by atoms with Gasteiger partial charge in [-0.2, -0.15) is 0 Å². The van der Waals surface area contributed by atoms with Gasteiger partial charge in [0.2, 0.25) is 11.4 Å². The fourth-order valence-electron chi connectivity index (χ4n) is 7.80. The summed E-state index contributed by atoms with van der Waals surface area (Å²) in [7, 11) is -4.61. The smallest absolute Gasteiger partial charge is 0.462 e. The summed E-state index contributed by atoms with van der Waals surface area (Å²) in [5.74, 6) is -1.18. The topological polar surface area (TPSA) is 232 Å². The van der Waals surface area contributed by atoms with Crippen LogP contribution in [0.1, 0.15) is 219 Å². The van der Waals surface area contributed by atoms with Crippen molar-refractivity contribution < 1.29 is 51.9 Å². The highest BCUT2D eigenvalue weighted by Gasteiger charge is 2.26. The van der Waals surface area contributed by atoms with Crippen LogP contribution in [0.4, 0.5) is 11.4 Å². The van der Waals surface area contributed by atoms with Gasteiger partial charge in [0, 0.05) is 38.4 Å². The molecule has 384 valence electrons. The number of anilines is 1. The molecule has 0 aliphatic carbocycles. The minimum Gasteiger partial charge on any atom is -0.462 e. The van der Waals surface area contributed by atoms with E-state index >= 15 is 0 Å². The maximum atomic E-state index is 12.8. The second-order valence-electron chi connectivity index (χ2n) is 17.8. The third kappa shape index (κ3) is 31.2. The van der Waals surface area contributed by atoms with Crippen molar-refractivity contribution in [3.05, 3.63) is 22.2 Å². The molecule has 67 heavy (non-hydrogen) atoms. The number of benzene rings is 1. The summed E-state index contributed by atoms with van der Waals surface area (Å²) in [6, 6.07) is 2.88. The molecule has 2 aromatic rings. The van der Waals surface area contributed by atoms with Crippen molar-refractivity contribution >= 4 is 48.1 Å². The molecule has 0 spiro atoms. The molecule has 1 aromatic carbocycles. The first-order valence-electron chi connectivity index (χ1n) is 25.9. The Labute approximate surface area is 400 Å². The van der Waals surface area contributed by atoms with Crippen molar-refractivity contribution in [2.24, 2.45) is 0 Å². The van der Waals surface area contributed by atoms with E-state index in [1.54, 1.807) is 6.07 Å². The van der Waals surface area contributed by atoms with Crippen LogP contribution in [0, 0.1) is 10.1 Å². The molecule has 17 nitrogen and oxygen atoms in total. The number of fused-ring (bicyclic) bond motifs is 1. The average molecular weight is 968 g/mol. The zero-order valence-corrected chi connectivity index (χ0v) is 42.0. The van der Waals surface area contributed by atoms with Gasteiger partial charge in [-0.1, -0.05) is 174 Å². The number of nitro benzene ring substituents is 1. The number of nitro groups is 1. The second-order valence-corrected chi connectivity index (χ2v) is 19.3. The van der Waals surface area contributed by atoms with E-state index in [0.717, 1.165) is 38.5 Å². The Balaban J connectivity index is 1.66. The fourth-order valence-corrected chi connectivity index (χ4v) is 8.55. The molecule has 18 heteroatoms. The van der Waals surface area contributed by atoms with E-state index in [0.29, 0.717) is 44.3 Å². The predicted molar refractivity (Wildman–Crippen MR) is 262 cm³/mol. The number of amides is 1. The van der Waals surface area contributed by atoms with Gasteiger partial charge in [0.15, 0.2) is 11.6 Å². The lowest BCUT2D eigenvalue weighted by molar-refractivity contribution is -0.383. The third-order valence-electron chi connectivity index (χ3n) is 11.8. The normalized spacial score (nSPS) is 12.8. The number of nitrogens with one attached hydrogen (secondary N) is 2. The van der Waals surface area contributed by atoms with Crippen molar-refractivity contribution in [3.8, 4) is 0 Å². The number of hydrogen-bond acceptors (Lipinski definition) is 14. The first-order chi connectivity index (χ1) is 32.6.